The quantitative estimate of drug-likeness (QED) is 0.478. The highest BCUT2D eigenvalue weighted by Gasteiger charge is 2.25. The summed E-state index contributed by atoms with van der Waals surface area (Å²) < 4.78 is 14.8. The van der Waals surface area contributed by atoms with Crippen molar-refractivity contribution in [3.05, 3.63) is 33.5 Å². The van der Waals surface area contributed by atoms with Crippen molar-refractivity contribution >= 4 is 17.1 Å². The number of nitrogens with zero attached hydrogens (tertiary/aromatic N) is 5. The van der Waals surface area contributed by atoms with Gasteiger partial charge in [-0.3, -0.25) is 13.9 Å². The number of aliphatic hydroxyl groups is 1. The van der Waals surface area contributed by atoms with E-state index in [4.69, 9.17) is 9.47 Å². The molecule has 27 heavy (non-hydrogen) atoms. The van der Waals surface area contributed by atoms with E-state index in [0.29, 0.717) is 44.5 Å². The van der Waals surface area contributed by atoms with Gasteiger partial charge < -0.3 is 24.0 Å². The number of aromatic nitrogens is 4. The van der Waals surface area contributed by atoms with Gasteiger partial charge in [0.15, 0.2) is 11.2 Å². The van der Waals surface area contributed by atoms with Crippen molar-refractivity contribution in [3.8, 4) is 0 Å². The van der Waals surface area contributed by atoms with Gasteiger partial charge in [-0.05, 0) is 0 Å². The molecule has 0 aromatic carbocycles. The molecule has 10 nitrogen and oxygen atoms in total. The highest BCUT2D eigenvalue weighted by molar-refractivity contribution is 5.74. The highest BCUT2D eigenvalue weighted by atomic mass is 16.5. The van der Waals surface area contributed by atoms with E-state index in [2.05, 4.69) is 11.6 Å². The fraction of sp³-hybridized carbons (Fsp3) is 0.588. The molecule has 2 aromatic rings. The van der Waals surface area contributed by atoms with Gasteiger partial charge in [-0.1, -0.05) is 6.08 Å². The lowest BCUT2D eigenvalue weighted by Crippen LogP contribution is -2.39. The van der Waals surface area contributed by atoms with Crippen LogP contribution in [0, 0.1) is 0 Å². The minimum Gasteiger partial charge on any atom is -0.389 e. The smallest absolute Gasteiger partial charge is 0.332 e. The van der Waals surface area contributed by atoms with Crippen LogP contribution in [-0.4, -0.2) is 69.4 Å². The van der Waals surface area contributed by atoms with E-state index in [1.54, 1.807) is 17.7 Å². The molecule has 0 saturated carbocycles. The lowest BCUT2D eigenvalue weighted by Gasteiger charge is -2.28. The summed E-state index contributed by atoms with van der Waals surface area (Å²) in [6.07, 6.45) is 0.758. The highest BCUT2D eigenvalue weighted by Crippen LogP contribution is 2.21. The van der Waals surface area contributed by atoms with Gasteiger partial charge in [0.2, 0.25) is 5.95 Å². The number of anilines is 1. The van der Waals surface area contributed by atoms with Crippen LogP contribution in [-0.2, 0) is 30.1 Å². The van der Waals surface area contributed by atoms with Gasteiger partial charge >= 0.3 is 5.69 Å². The van der Waals surface area contributed by atoms with Gasteiger partial charge in [0, 0.05) is 27.2 Å². The van der Waals surface area contributed by atoms with Crippen LogP contribution in [0.5, 0.6) is 0 Å². The predicted octanol–water partition coefficient (Wildman–Crippen LogP) is -1.17. The lowest BCUT2D eigenvalue weighted by molar-refractivity contribution is 0.0402. The molecule has 1 fully saturated rings. The van der Waals surface area contributed by atoms with Crippen molar-refractivity contribution in [2.45, 2.75) is 12.6 Å². The zero-order chi connectivity index (χ0) is 19.6. The van der Waals surface area contributed by atoms with E-state index in [9.17, 15) is 14.7 Å². The van der Waals surface area contributed by atoms with E-state index in [1.165, 1.54) is 11.6 Å². The summed E-state index contributed by atoms with van der Waals surface area (Å²) in [7, 11) is 3.01. The van der Waals surface area contributed by atoms with Crippen molar-refractivity contribution < 1.29 is 14.6 Å². The van der Waals surface area contributed by atoms with Crippen molar-refractivity contribution in [1.82, 2.24) is 18.7 Å². The molecule has 3 heterocycles. The predicted molar refractivity (Wildman–Crippen MR) is 100 cm³/mol. The molecule has 148 valence electrons. The second-order valence-electron chi connectivity index (χ2n) is 6.48. The minimum absolute atomic E-state index is 0.0975. The minimum atomic E-state index is -0.843. The maximum absolute atomic E-state index is 12.8. The largest absolute Gasteiger partial charge is 0.389 e. The second kappa shape index (κ2) is 8.07. The number of hydrogen-bond acceptors (Lipinski definition) is 7. The maximum Gasteiger partial charge on any atom is 0.332 e. The van der Waals surface area contributed by atoms with Gasteiger partial charge in [0.25, 0.3) is 5.56 Å². The molecule has 1 saturated heterocycles. The van der Waals surface area contributed by atoms with Gasteiger partial charge in [-0.25, -0.2) is 4.79 Å². The molecular weight excluding hydrogens is 354 g/mol. The fourth-order valence-corrected chi connectivity index (χ4v) is 3.16. The second-order valence-corrected chi connectivity index (χ2v) is 6.48. The monoisotopic (exact) mass is 379 g/mol. The van der Waals surface area contributed by atoms with E-state index in [0.717, 1.165) is 4.57 Å². The van der Waals surface area contributed by atoms with Crippen LogP contribution in [0.25, 0.3) is 11.2 Å². The molecule has 0 aliphatic carbocycles. The van der Waals surface area contributed by atoms with E-state index < -0.39 is 17.4 Å². The molecule has 1 N–H and O–H groups in total. The van der Waals surface area contributed by atoms with Gasteiger partial charge in [-0.2, -0.15) is 4.98 Å². The van der Waals surface area contributed by atoms with E-state index in [1.807, 2.05) is 4.90 Å². The molecule has 0 radical (unpaired) electrons. The Hall–Kier alpha value is -2.43. The van der Waals surface area contributed by atoms with Crippen LogP contribution in [0.3, 0.4) is 0 Å². The SMILES string of the molecule is C=CCOC[C@H](O)Cn1c(N2CCOCC2)nc2c1c(=O)n(C)c(=O)n2C. The Labute approximate surface area is 155 Å². The van der Waals surface area contributed by atoms with Crippen LogP contribution in [0.15, 0.2) is 22.2 Å². The Morgan fingerprint density at radius 1 is 1.30 bits per heavy atom. The van der Waals surface area contributed by atoms with Crippen LogP contribution in [0.2, 0.25) is 0 Å². The standard InChI is InChI=1S/C17H25N5O5/c1-4-7-27-11-12(23)10-22-13-14(19(2)17(25)20(3)15(13)24)18-16(22)21-5-8-26-9-6-21/h4,12,23H,1,5-11H2,2-3H3/t12-/m1/s1. The van der Waals surface area contributed by atoms with Crippen LogP contribution >= 0.6 is 0 Å². The average molecular weight is 379 g/mol. The zero-order valence-corrected chi connectivity index (χ0v) is 15.6. The van der Waals surface area contributed by atoms with Crippen molar-refractivity contribution in [3.63, 3.8) is 0 Å². The summed E-state index contributed by atoms with van der Waals surface area (Å²) in [5, 5.41) is 10.4. The van der Waals surface area contributed by atoms with E-state index in [-0.39, 0.29) is 18.7 Å². The Morgan fingerprint density at radius 3 is 2.67 bits per heavy atom. The number of aryl methyl sites for hydroxylation is 1. The Kier molecular flexibility index (Phi) is 5.78. The summed E-state index contributed by atoms with van der Waals surface area (Å²) in [4.78, 5) is 31.6. The molecule has 10 heteroatoms. The third kappa shape index (κ3) is 3.68. The summed E-state index contributed by atoms with van der Waals surface area (Å²) in [6.45, 7) is 6.43. The number of aliphatic hydroxyl groups excluding tert-OH is 1. The van der Waals surface area contributed by atoms with Crippen LogP contribution in [0.1, 0.15) is 0 Å². The molecular formula is C17H25N5O5. The van der Waals surface area contributed by atoms with Crippen LogP contribution < -0.4 is 16.1 Å². The maximum atomic E-state index is 12.8. The van der Waals surface area contributed by atoms with Crippen molar-refractivity contribution in [1.29, 1.82) is 0 Å². The number of ether oxygens (including phenoxy) is 2. The Morgan fingerprint density at radius 2 is 2.00 bits per heavy atom. The molecule has 1 atom stereocenters. The number of rotatable bonds is 7. The molecule has 2 aromatic heterocycles. The first-order valence-corrected chi connectivity index (χ1v) is 8.81. The third-order valence-corrected chi connectivity index (χ3v) is 4.56. The average Bonchev–Trinajstić information content (AvgIpc) is 3.05. The molecule has 1 aliphatic heterocycles. The molecule has 0 spiro atoms. The third-order valence-electron chi connectivity index (χ3n) is 4.56. The number of imidazole rings is 1. The Bertz CT molecular complexity index is 938. The fourth-order valence-electron chi connectivity index (χ4n) is 3.16. The van der Waals surface area contributed by atoms with Gasteiger partial charge in [0.1, 0.15) is 0 Å². The molecule has 0 bridgehead atoms. The first-order chi connectivity index (χ1) is 13.0. The molecule has 0 unspecified atom stereocenters. The van der Waals surface area contributed by atoms with E-state index >= 15 is 0 Å². The topological polar surface area (TPSA) is 104 Å². The summed E-state index contributed by atoms with van der Waals surface area (Å²) in [5.41, 5.74) is -0.312. The molecule has 3 rings (SSSR count). The number of fused-ring (bicyclic) bond motifs is 1. The van der Waals surface area contributed by atoms with Gasteiger partial charge in [0.05, 0.1) is 39.1 Å². The number of morpholine rings is 1. The molecule has 1 aliphatic rings. The lowest BCUT2D eigenvalue weighted by atomic mass is 10.3. The van der Waals surface area contributed by atoms with Crippen LogP contribution in [0.4, 0.5) is 5.95 Å². The first kappa shape index (κ1) is 19.3. The summed E-state index contributed by atoms with van der Waals surface area (Å²) in [5.74, 6) is 0.536. The summed E-state index contributed by atoms with van der Waals surface area (Å²) >= 11 is 0. The summed E-state index contributed by atoms with van der Waals surface area (Å²) in [6, 6.07) is 0. The molecule has 0 amide bonds. The first-order valence-electron chi connectivity index (χ1n) is 8.81. The Balaban J connectivity index is 2.10. The van der Waals surface area contributed by atoms with Crippen molar-refractivity contribution in [2.75, 3.05) is 44.4 Å². The van der Waals surface area contributed by atoms with Gasteiger partial charge in [-0.15, -0.1) is 6.58 Å². The van der Waals surface area contributed by atoms with Crippen molar-refractivity contribution in [2.24, 2.45) is 14.1 Å². The zero-order valence-electron chi connectivity index (χ0n) is 15.6. The normalized spacial score (nSPS) is 16.0. The number of hydrogen-bond donors (Lipinski definition) is 1.